The van der Waals surface area contributed by atoms with Crippen LogP contribution in [0.1, 0.15) is 29.3 Å². The highest BCUT2D eigenvalue weighted by Gasteiger charge is 2.39. The van der Waals surface area contributed by atoms with E-state index in [1.807, 2.05) is 0 Å². The lowest BCUT2D eigenvalue weighted by atomic mass is 10.1. The summed E-state index contributed by atoms with van der Waals surface area (Å²) in [4.78, 5) is 10.4. The van der Waals surface area contributed by atoms with Gasteiger partial charge in [0, 0.05) is 0 Å². The Morgan fingerprint density at radius 3 is 2.40 bits per heavy atom. The molecule has 0 amide bonds. The molecule has 112 valence electrons. The third kappa shape index (κ3) is 3.70. The molecule has 0 heterocycles. The zero-order valence-electron chi connectivity index (χ0n) is 10.4. The van der Waals surface area contributed by atoms with Crippen LogP contribution in [0.5, 0.6) is 0 Å². The van der Waals surface area contributed by atoms with Gasteiger partial charge in [-0.3, -0.25) is 0 Å². The molecule has 9 heteroatoms. The number of hydrogen-bond acceptors (Lipinski definition) is 4. The Hall–Kier alpha value is -1.61. The van der Waals surface area contributed by atoms with Gasteiger partial charge in [-0.1, -0.05) is 13.0 Å². The molecule has 1 rings (SSSR count). The van der Waals surface area contributed by atoms with Gasteiger partial charge in [-0.25, -0.2) is 18.4 Å². The van der Waals surface area contributed by atoms with Gasteiger partial charge in [0.2, 0.25) is 10.0 Å². The molecule has 0 radical (unpaired) electrons. The third-order valence-electron chi connectivity index (χ3n) is 2.26. The van der Waals surface area contributed by atoms with Crippen LogP contribution in [-0.4, -0.2) is 21.0 Å². The summed E-state index contributed by atoms with van der Waals surface area (Å²) in [6.07, 6.45) is -4.52. The first-order valence-electron chi connectivity index (χ1n) is 5.49. The lowest BCUT2D eigenvalue weighted by Gasteiger charge is -2.14. The van der Waals surface area contributed by atoms with Crippen LogP contribution < -0.4 is 5.14 Å². The highest BCUT2D eigenvalue weighted by molar-refractivity contribution is 7.89. The van der Waals surface area contributed by atoms with Crippen LogP contribution in [-0.2, 0) is 20.9 Å². The van der Waals surface area contributed by atoms with Crippen LogP contribution in [0.2, 0.25) is 0 Å². The van der Waals surface area contributed by atoms with Crippen molar-refractivity contribution in [2.24, 2.45) is 5.14 Å². The summed E-state index contributed by atoms with van der Waals surface area (Å²) < 4.78 is 65.8. The molecule has 5 nitrogen and oxygen atoms in total. The fourth-order valence-electron chi connectivity index (χ4n) is 1.50. The van der Waals surface area contributed by atoms with E-state index in [0.717, 1.165) is 12.1 Å². The minimum absolute atomic E-state index is 0.0425. The van der Waals surface area contributed by atoms with Crippen LogP contribution in [0, 0.1) is 0 Å². The van der Waals surface area contributed by atoms with E-state index < -0.39 is 38.2 Å². The standard InChI is InChI=1S/C11H12F3NO4S/c1-2-6-19-10(16)7-4-3-5-8(11(12,13)14)9(7)20(15,17)18/h3-5H,2,6H2,1H3,(H2,15,17,18). The second kappa shape index (κ2) is 5.80. The lowest BCUT2D eigenvalue weighted by molar-refractivity contribution is -0.139. The average molecular weight is 311 g/mol. The number of hydrogen-bond donors (Lipinski definition) is 1. The fourth-order valence-corrected chi connectivity index (χ4v) is 2.45. The summed E-state index contributed by atoms with van der Waals surface area (Å²) in [5, 5.41) is 4.79. The largest absolute Gasteiger partial charge is 0.462 e. The molecule has 0 fully saturated rings. The Morgan fingerprint density at radius 2 is 1.95 bits per heavy atom. The molecule has 0 saturated heterocycles. The molecule has 0 saturated carbocycles. The summed E-state index contributed by atoms with van der Waals surface area (Å²) in [6, 6.07) is 2.38. The predicted octanol–water partition coefficient (Wildman–Crippen LogP) is 1.92. The average Bonchev–Trinajstić information content (AvgIpc) is 2.32. The van der Waals surface area contributed by atoms with Gasteiger partial charge < -0.3 is 4.74 Å². The number of ether oxygens (including phenoxy) is 1. The first kappa shape index (κ1) is 16.4. The predicted molar refractivity (Wildman–Crippen MR) is 63.4 cm³/mol. The maximum Gasteiger partial charge on any atom is 0.417 e. The van der Waals surface area contributed by atoms with Gasteiger partial charge in [-0.2, -0.15) is 13.2 Å². The Morgan fingerprint density at radius 1 is 1.35 bits per heavy atom. The van der Waals surface area contributed by atoms with Crippen LogP contribution >= 0.6 is 0 Å². The Kier molecular flexibility index (Phi) is 4.77. The highest BCUT2D eigenvalue weighted by Crippen LogP contribution is 2.35. The van der Waals surface area contributed by atoms with E-state index in [1.54, 1.807) is 6.92 Å². The van der Waals surface area contributed by atoms with E-state index in [2.05, 4.69) is 4.74 Å². The van der Waals surface area contributed by atoms with Gasteiger partial charge in [-0.15, -0.1) is 0 Å². The van der Waals surface area contributed by atoms with E-state index in [-0.39, 0.29) is 6.61 Å². The van der Waals surface area contributed by atoms with Crippen molar-refractivity contribution in [1.82, 2.24) is 0 Å². The fraction of sp³-hybridized carbons (Fsp3) is 0.364. The normalized spacial score (nSPS) is 12.2. The van der Waals surface area contributed by atoms with E-state index in [9.17, 15) is 26.4 Å². The maximum atomic E-state index is 12.8. The quantitative estimate of drug-likeness (QED) is 0.861. The molecule has 0 unspecified atom stereocenters. The van der Waals surface area contributed by atoms with Crippen molar-refractivity contribution in [2.45, 2.75) is 24.4 Å². The Bertz CT molecular complexity index is 611. The summed E-state index contributed by atoms with van der Waals surface area (Å²) in [7, 11) is -4.74. The molecule has 1 aromatic rings. The molecule has 0 aliphatic rings. The number of carbonyl (C=O) groups excluding carboxylic acids is 1. The lowest BCUT2D eigenvalue weighted by Crippen LogP contribution is -2.23. The molecule has 0 bridgehead atoms. The molecular weight excluding hydrogens is 299 g/mol. The minimum Gasteiger partial charge on any atom is -0.462 e. The monoisotopic (exact) mass is 311 g/mol. The number of primary sulfonamides is 1. The molecule has 0 spiro atoms. The Labute approximate surface area is 113 Å². The van der Waals surface area contributed by atoms with Gasteiger partial charge in [-0.05, 0) is 18.6 Å². The van der Waals surface area contributed by atoms with Crippen LogP contribution in [0.25, 0.3) is 0 Å². The SMILES string of the molecule is CCCOC(=O)c1cccc(C(F)(F)F)c1S(N)(=O)=O. The summed E-state index contributed by atoms with van der Waals surface area (Å²) in [5.41, 5.74) is -2.22. The second-order valence-corrected chi connectivity index (χ2v) is 5.36. The minimum atomic E-state index is -4.96. The van der Waals surface area contributed by atoms with Gasteiger partial charge in [0.05, 0.1) is 17.7 Å². The number of benzene rings is 1. The summed E-state index contributed by atoms with van der Waals surface area (Å²) in [6.45, 7) is 1.64. The van der Waals surface area contributed by atoms with Gasteiger partial charge >= 0.3 is 12.1 Å². The first-order valence-corrected chi connectivity index (χ1v) is 7.03. The van der Waals surface area contributed by atoms with Crippen LogP contribution in [0.4, 0.5) is 13.2 Å². The number of rotatable bonds is 4. The van der Waals surface area contributed by atoms with Gasteiger partial charge in [0.15, 0.2) is 0 Å². The molecule has 0 aliphatic heterocycles. The van der Waals surface area contributed by atoms with Crippen molar-refractivity contribution >= 4 is 16.0 Å². The van der Waals surface area contributed by atoms with Gasteiger partial charge in [0.1, 0.15) is 4.90 Å². The third-order valence-corrected chi connectivity index (χ3v) is 3.27. The zero-order chi connectivity index (χ0) is 15.6. The van der Waals surface area contributed by atoms with Crippen molar-refractivity contribution in [3.05, 3.63) is 29.3 Å². The van der Waals surface area contributed by atoms with E-state index in [4.69, 9.17) is 5.14 Å². The summed E-state index contributed by atoms with van der Waals surface area (Å²) >= 11 is 0. The topological polar surface area (TPSA) is 86.5 Å². The summed E-state index contributed by atoms with van der Waals surface area (Å²) in [5.74, 6) is -1.16. The van der Waals surface area contributed by atoms with Crippen molar-refractivity contribution in [1.29, 1.82) is 0 Å². The molecule has 0 atom stereocenters. The van der Waals surface area contributed by atoms with Crippen molar-refractivity contribution in [2.75, 3.05) is 6.61 Å². The van der Waals surface area contributed by atoms with Crippen molar-refractivity contribution in [3.8, 4) is 0 Å². The van der Waals surface area contributed by atoms with Crippen LogP contribution in [0.3, 0.4) is 0 Å². The van der Waals surface area contributed by atoms with Crippen LogP contribution in [0.15, 0.2) is 23.1 Å². The number of esters is 1. The van der Waals surface area contributed by atoms with Crippen molar-refractivity contribution < 1.29 is 31.1 Å². The molecular formula is C11H12F3NO4S. The maximum absolute atomic E-state index is 12.8. The number of nitrogens with two attached hydrogens (primary N) is 1. The molecule has 1 aromatic carbocycles. The molecule has 2 N–H and O–H groups in total. The number of carbonyl (C=O) groups is 1. The number of alkyl halides is 3. The van der Waals surface area contributed by atoms with E-state index in [1.165, 1.54) is 0 Å². The second-order valence-electron chi connectivity index (χ2n) is 3.86. The molecule has 0 aromatic heterocycles. The smallest absolute Gasteiger partial charge is 0.417 e. The Balaban J connectivity index is 3.50. The highest BCUT2D eigenvalue weighted by atomic mass is 32.2. The van der Waals surface area contributed by atoms with E-state index >= 15 is 0 Å². The molecule has 20 heavy (non-hydrogen) atoms. The first-order chi connectivity index (χ1) is 9.09. The van der Waals surface area contributed by atoms with E-state index in [0.29, 0.717) is 12.5 Å². The van der Waals surface area contributed by atoms with Crippen molar-refractivity contribution in [3.63, 3.8) is 0 Å². The molecule has 0 aliphatic carbocycles. The number of halogens is 3. The zero-order valence-corrected chi connectivity index (χ0v) is 11.2. The number of sulfonamides is 1. The van der Waals surface area contributed by atoms with Gasteiger partial charge in [0.25, 0.3) is 0 Å².